The number of nitriles is 1. The Hall–Kier alpha value is -5.09. The number of hydrogen-bond donors (Lipinski definition) is 2. The first-order valence-corrected chi connectivity index (χ1v) is 12.1. The number of β-amino-alcohol motifs (C(OH)–C–C–N with tert-alkyl or cyclic N) is 1. The van der Waals surface area contributed by atoms with E-state index in [0.717, 1.165) is 11.1 Å². The van der Waals surface area contributed by atoms with Crippen molar-refractivity contribution in [1.82, 2.24) is 35.1 Å². The molecule has 0 saturated carbocycles. The Morgan fingerprint density at radius 2 is 1.97 bits per heavy atom. The maximum Gasteiger partial charge on any atom is 0.254 e. The highest BCUT2D eigenvalue weighted by molar-refractivity contribution is 5.96. The van der Waals surface area contributed by atoms with Crippen LogP contribution in [0.3, 0.4) is 0 Å². The molecule has 0 aliphatic carbocycles. The van der Waals surface area contributed by atoms with E-state index in [-0.39, 0.29) is 12.0 Å². The fourth-order valence-electron chi connectivity index (χ4n) is 4.07. The molecule has 2 aromatic carbocycles. The van der Waals surface area contributed by atoms with Crippen molar-refractivity contribution in [3.63, 3.8) is 0 Å². The second-order valence-corrected chi connectivity index (χ2v) is 8.98. The third-order valence-corrected chi connectivity index (χ3v) is 6.10. The summed E-state index contributed by atoms with van der Waals surface area (Å²) in [5.41, 5.74) is 2.97. The van der Waals surface area contributed by atoms with Crippen molar-refractivity contribution in [2.45, 2.75) is 25.7 Å². The molecular formula is C26H25N9O4. The van der Waals surface area contributed by atoms with E-state index < -0.39 is 6.10 Å². The number of hydrogen-bond acceptors (Lipinski definition) is 11. The van der Waals surface area contributed by atoms with E-state index in [2.05, 4.69) is 36.9 Å². The van der Waals surface area contributed by atoms with Crippen LogP contribution >= 0.6 is 0 Å². The second-order valence-electron chi connectivity index (χ2n) is 8.98. The molecule has 1 amide bonds. The predicted molar refractivity (Wildman–Crippen MR) is 138 cm³/mol. The number of aliphatic hydroxyl groups excluding tert-OH is 1. The number of ether oxygens (including phenoxy) is 2. The number of rotatable bonds is 9. The van der Waals surface area contributed by atoms with Gasteiger partial charge in [0.1, 0.15) is 30.0 Å². The number of nitrogens with one attached hydrogen (secondary N) is 1. The summed E-state index contributed by atoms with van der Waals surface area (Å²) in [7, 11) is 1.51. The lowest BCUT2D eigenvalue weighted by Crippen LogP contribution is -2.53. The summed E-state index contributed by atoms with van der Waals surface area (Å²) in [4.78, 5) is 23.0. The minimum Gasteiger partial charge on any atom is -0.495 e. The summed E-state index contributed by atoms with van der Waals surface area (Å²) in [5, 5.41) is 33.2. The molecule has 5 rings (SSSR count). The van der Waals surface area contributed by atoms with E-state index in [4.69, 9.17) is 9.47 Å². The number of aliphatic hydroxyl groups is 1. The highest BCUT2D eigenvalue weighted by atomic mass is 16.5. The van der Waals surface area contributed by atoms with Gasteiger partial charge in [0.2, 0.25) is 5.95 Å². The van der Waals surface area contributed by atoms with Gasteiger partial charge in [-0.3, -0.25) is 4.79 Å². The fraction of sp³-hybridized carbons (Fsp3) is 0.269. The third-order valence-electron chi connectivity index (χ3n) is 6.10. The SMILES string of the molecule is COc1cc(C(=O)N2CC(O)C2)ccc1Nc1ncc(-c2ccc(C#N)c(OC(C)Cn3cnnn3)c2)cn1. The van der Waals surface area contributed by atoms with Crippen LogP contribution in [0.5, 0.6) is 11.5 Å². The molecule has 13 heteroatoms. The number of likely N-dealkylation sites (tertiary alicyclic amines) is 1. The van der Waals surface area contributed by atoms with Gasteiger partial charge in [-0.1, -0.05) is 6.07 Å². The maximum atomic E-state index is 12.6. The average molecular weight is 528 g/mol. The number of aromatic nitrogens is 6. The minimum absolute atomic E-state index is 0.165. The Labute approximate surface area is 223 Å². The molecule has 2 aromatic heterocycles. The van der Waals surface area contributed by atoms with Crippen LogP contribution in [0.2, 0.25) is 0 Å². The number of amides is 1. The van der Waals surface area contributed by atoms with Gasteiger partial charge in [0, 0.05) is 36.6 Å². The number of benzene rings is 2. The first-order chi connectivity index (χ1) is 18.9. The lowest BCUT2D eigenvalue weighted by Gasteiger charge is -2.35. The van der Waals surface area contributed by atoms with Gasteiger partial charge < -0.3 is 24.8 Å². The van der Waals surface area contributed by atoms with Crippen LogP contribution in [-0.4, -0.2) is 78.5 Å². The number of carbonyl (C=O) groups excluding carboxylic acids is 1. The van der Waals surface area contributed by atoms with E-state index in [1.54, 1.807) is 58.4 Å². The molecule has 39 heavy (non-hydrogen) atoms. The van der Waals surface area contributed by atoms with Crippen molar-refractivity contribution >= 4 is 17.5 Å². The van der Waals surface area contributed by atoms with Crippen LogP contribution in [0.25, 0.3) is 11.1 Å². The number of nitrogens with zero attached hydrogens (tertiary/aromatic N) is 8. The van der Waals surface area contributed by atoms with Gasteiger partial charge in [-0.05, 0) is 53.2 Å². The monoisotopic (exact) mass is 527 g/mol. The zero-order valence-corrected chi connectivity index (χ0v) is 21.2. The average Bonchev–Trinajstić information content (AvgIpc) is 3.44. The van der Waals surface area contributed by atoms with Crippen LogP contribution < -0.4 is 14.8 Å². The number of carbonyl (C=O) groups is 1. The standard InChI is InChI=1S/C26H25N9O4/c1-16(12-35-15-30-32-33-35)39-23-7-17(3-4-19(23)9-27)20-10-28-26(29-11-20)31-22-6-5-18(8-24(22)38-2)25(37)34-13-21(36)14-34/h3-8,10-11,15-16,21,36H,12-14H2,1-2H3,(H,28,29,31). The van der Waals surface area contributed by atoms with Gasteiger partial charge in [-0.2, -0.15) is 5.26 Å². The van der Waals surface area contributed by atoms with Gasteiger partial charge in [-0.15, -0.1) is 5.10 Å². The number of methoxy groups -OCH3 is 1. The quantitative estimate of drug-likeness (QED) is 0.327. The van der Waals surface area contributed by atoms with E-state index in [9.17, 15) is 15.2 Å². The fourth-order valence-corrected chi connectivity index (χ4v) is 4.07. The summed E-state index contributed by atoms with van der Waals surface area (Å²) < 4.78 is 13.0. The molecule has 4 aromatic rings. The van der Waals surface area contributed by atoms with Crippen molar-refractivity contribution in [2.24, 2.45) is 0 Å². The zero-order valence-electron chi connectivity index (χ0n) is 21.2. The first kappa shape index (κ1) is 25.6. The molecule has 1 unspecified atom stereocenters. The van der Waals surface area contributed by atoms with Crippen molar-refractivity contribution in [1.29, 1.82) is 5.26 Å². The molecule has 0 radical (unpaired) electrons. The van der Waals surface area contributed by atoms with Gasteiger partial charge in [0.25, 0.3) is 5.91 Å². The van der Waals surface area contributed by atoms with Crippen molar-refractivity contribution in [3.8, 4) is 28.7 Å². The highest BCUT2D eigenvalue weighted by Gasteiger charge is 2.29. The first-order valence-electron chi connectivity index (χ1n) is 12.1. The molecule has 0 spiro atoms. The molecule has 13 nitrogen and oxygen atoms in total. The summed E-state index contributed by atoms with van der Waals surface area (Å²) in [6, 6.07) is 12.5. The topological polar surface area (TPSA) is 164 Å². The van der Waals surface area contributed by atoms with Crippen LogP contribution in [0, 0.1) is 11.3 Å². The van der Waals surface area contributed by atoms with Crippen molar-refractivity contribution < 1.29 is 19.4 Å². The Balaban J connectivity index is 1.29. The molecule has 1 saturated heterocycles. The second kappa shape index (κ2) is 11.1. The molecule has 2 N–H and O–H groups in total. The van der Waals surface area contributed by atoms with E-state index in [1.165, 1.54) is 13.4 Å². The van der Waals surface area contributed by atoms with Crippen molar-refractivity contribution in [3.05, 3.63) is 66.2 Å². The van der Waals surface area contributed by atoms with Crippen molar-refractivity contribution in [2.75, 3.05) is 25.5 Å². The number of tetrazole rings is 1. The summed E-state index contributed by atoms with van der Waals surface area (Å²) >= 11 is 0. The molecule has 0 bridgehead atoms. The third kappa shape index (κ3) is 5.76. The number of anilines is 2. The van der Waals surface area contributed by atoms with E-state index >= 15 is 0 Å². The Morgan fingerprint density at radius 3 is 2.64 bits per heavy atom. The van der Waals surface area contributed by atoms with Crippen LogP contribution in [-0.2, 0) is 6.54 Å². The predicted octanol–water partition coefficient (Wildman–Crippen LogP) is 2.04. The Kier molecular flexibility index (Phi) is 7.28. The van der Waals surface area contributed by atoms with Gasteiger partial charge in [0.05, 0.1) is 31.0 Å². The largest absolute Gasteiger partial charge is 0.495 e. The molecule has 1 atom stereocenters. The Bertz CT molecular complexity index is 1500. The lowest BCUT2D eigenvalue weighted by molar-refractivity contribution is 0.00588. The highest BCUT2D eigenvalue weighted by Crippen LogP contribution is 2.30. The Morgan fingerprint density at radius 1 is 1.18 bits per heavy atom. The molecule has 1 aliphatic rings. The van der Waals surface area contributed by atoms with Gasteiger partial charge in [-0.25, -0.2) is 14.6 Å². The van der Waals surface area contributed by atoms with Gasteiger partial charge >= 0.3 is 0 Å². The lowest BCUT2D eigenvalue weighted by atomic mass is 10.1. The summed E-state index contributed by atoms with van der Waals surface area (Å²) in [6.45, 7) is 2.94. The maximum absolute atomic E-state index is 12.6. The minimum atomic E-state index is -0.466. The van der Waals surface area contributed by atoms with E-state index in [1.807, 2.05) is 6.92 Å². The van der Waals surface area contributed by atoms with Gasteiger partial charge in [0.15, 0.2) is 0 Å². The summed E-state index contributed by atoms with van der Waals surface area (Å²) in [5.74, 6) is 1.06. The zero-order chi connectivity index (χ0) is 27.4. The molecule has 1 fully saturated rings. The molecule has 3 heterocycles. The smallest absolute Gasteiger partial charge is 0.254 e. The molecule has 1 aliphatic heterocycles. The molecular weight excluding hydrogens is 502 g/mol. The van der Waals surface area contributed by atoms with Crippen LogP contribution in [0.15, 0.2) is 55.1 Å². The van der Waals surface area contributed by atoms with E-state index in [0.29, 0.717) is 53.9 Å². The van der Waals surface area contributed by atoms with Crippen LogP contribution in [0.4, 0.5) is 11.6 Å². The van der Waals surface area contributed by atoms with Crippen LogP contribution in [0.1, 0.15) is 22.8 Å². The summed E-state index contributed by atoms with van der Waals surface area (Å²) in [6.07, 6.45) is 4.06. The normalized spacial score (nSPS) is 13.7. The molecule has 198 valence electrons.